The van der Waals surface area contributed by atoms with Gasteiger partial charge in [0.25, 0.3) is 0 Å². The molecule has 0 aliphatic carbocycles. The van der Waals surface area contributed by atoms with Crippen LogP contribution in [0.15, 0.2) is 18.3 Å². The predicted molar refractivity (Wildman–Crippen MR) is 76.3 cm³/mol. The second-order valence-corrected chi connectivity index (χ2v) is 6.32. The van der Waals surface area contributed by atoms with E-state index in [4.69, 9.17) is 5.11 Å². The SMILES string of the molecule is Cc1ccc(CN2C3CCC2CC(CC(=O)O)C3)nc1. The van der Waals surface area contributed by atoms with Crippen LogP contribution in [0.2, 0.25) is 0 Å². The molecule has 0 radical (unpaired) electrons. The number of fused-ring (bicyclic) bond motifs is 2. The zero-order valence-electron chi connectivity index (χ0n) is 12.0. The molecule has 2 fully saturated rings. The fraction of sp³-hybridized carbons (Fsp3) is 0.625. The molecule has 0 amide bonds. The number of aromatic nitrogens is 1. The summed E-state index contributed by atoms with van der Waals surface area (Å²) in [5.74, 6) is -0.282. The van der Waals surface area contributed by atoms with Gasteiger partial charge in [-0.25, -0.2) is 0 Å². The number of pyridine rings is 1. The number of carboxylic acids is 1. The Labute approximate surface area is 119 Å². The van der Waals surface area contributed by atoms with E-state index in [-0.39, 0.29) is 0 Å². The van der Waals surface area contributed by atoms with Crippen molar-refractivity contribution in [2.75, 3.05) is 0 Å². The number of carbonyl (C=O) groups is 1. The lowest BCUT2D eigenvalue weighted by Crippen LogP contribution is -2.42. The highest BCUT2D eigenvalue weighted by Gasteiger charge is 2.40. The summed E-state index contributed by atoms with van der Waals surface area (Å²) in [5.41, 5.74) is 2.32. The fourth-order valence-corrected chi connectivity index (χ4v) is 3.84. The fourth-order valence-electron chi connectivity index (χ4n) is 3.84. The van der Waals surface area contributed by atoms with E-state index in [9.17, 15) is 4.79 Å². The van der Waals surface area contributed by atoms with E-state index in [0.29, 0.717) is 24.4 Å². The highest BCUT2D eigenvalue weighted by molar-refractivity contribution is 5.67. The Hall–Kier alpha value is -1.42. The second-order valence-electron chi connectivity index (χ2n) is 6.32. The van der Waals surface area contributed by atoms with E-state index in [1.807, 2.05) is 6.20 Å². The summed E-state index contributed by atoms with van der Waals surface area (Å²) in [6.07, 6.45) is 6.76. The summed E-state index contributed by atoms with van der Waals surface area (Å²) >= 11 is 0. The molecule has 4 nitrogen and oxygen atoms in total. The maximum Gasteiger partial charge on any atom is 0.303 e. The number of rotatable bonds is 4. The molecule has 2 aliphatic heterocycles. The molecule has 0 saturated carbocycles. The molecule has 108 valence electrons. The molecule has 4 heteroatoms. The number of nitrogens with zero attached hydrogens (tertiary/aromatic N) is 2. The normalized spacial score (nSPS) is 29.6. The van der Waals surface area contributed by atoms with Gasteiger partial charge in [-0.05, 0) is 50.2 Å². The average Bonchev–Trinajstić information content (AvgIpc) is 2.63. The van der Waals surface area contributed by atoms with Gasteiger partial charge in [-0.1, -0.05) is 6.07 Å². The molecule has 2 saturated heterocycles. The molecule has 2 bridgehead atoms. The molecule has 2 aliphatic rings. The minimum Gasteiger partial charge on any atom is -0.481 e. The van der Waals surface area contributed by atoms with Gasteiger partial charge in [-0.2, -0.15) is 0 Å². The van der Waals surface area contributed by atoms with Crippen molar-refractivity contribution < 1.29 is 9.90 Å². The Bertz CT molecular complexity index is 472. The Morgan fingerprint density at radius 3 is 2.60 bits per heavy atom. The first-order valence-electron chi connectivity index (χ1n) is 7.51. The summed E-state index contributed by atoms with van der Waals surface area (Å²) in [6.45, 7) is 2.97. The molecular formula is C16H22N2O2. The van der Waals surface area contributed by atoms with Crippen LogP contribution in [0.25, 0.3) is 0 Å². The van der Waals surface area contributed by atoms with Gasteiger partial charge in [0.15, 0.2) is 0 Å². The lowest BCUT2D eigenvalue weighted by Gasteiger charge is -2.38. The van der Waals surface area contributed by atoms with Gasteiger partial charge in [0.05, 0.1) is 5.69 Å². The van der Waals surface area contributed by atoms with Crippen molar-refractivity contribution in [1.82, 2.24) is 9.88 Å². The molecule has 0 spiro atoms. The molecule has 2 atom stereocenters. The summed E-state index contributed by atoms with van der Waals surface area (Å²) in [7, 11) is 0. The zero-order valence-corrected chi connectivity index (χ0v) is 12.0. The number of aryl methyl sites for hydroxylation is 1. The predicted octanol–water partition coefficient (Wildman–Crippen LogP) is 2.61. The standard InChI is InChI=1S/C16H22N2O2/c1-11-2-3-13(17-9-11)10-18-14-4-5-15(18)7-12(6-14)8-16(19)20/h2-3,9,12,14-15H,4-8,10H2,1H3,(H,19,20). The van der Waals surface area contributed by atoms with E-state index in [1.165, 1.54) is 18.4 Å². The molecule has 1 aromatic rings. The summed E-state index contributed by atoms with van der Waals surface area (Å²) in [5, 5.41) is 8.96. The van der Waals surface area contributed by atoms with Crippen molar-refractivity contribution in [2.24, 2.45) is 5.92 Å². The van der Waals surface area contributed by atoms with Crippen LogP contribution in [-0.2, 0) is 11.3 Å². The third-order valence-electron chi connectivity index (χ3n) is 4.76. The minimum atomic E-state index is -0.650. The van der Waals surface area contributed by atoms with Gasteiger partial charge in [0, 0.05) is 31.2 Å². The lowest BCUT2D eigenvalue weighted by molar-refractivity contribution is -0.138. The van der Waals surface area contributed by atoms with Crippen LogP contribution in [0, 0.1) is 12.8 Å². The van der Waals surface area contributed by atoms with Gasteiger partial charge < -0.3 is 5.11 Å². The third-order valence-corrected chi connectivity index (χ3v) is 4.76. The van der Waals surface area contributed by atoms with Crippen LogP contribution in [0.3, 0.4) is 0 Å². The minimum absolute atomic E-state index is 0.337. The van der Waals surface area contributed by atoms with E-state index >= 15 is 0 Å². The monoisotopic (exact) mass is 274 g/mol. The highest BCUT2D eigenvalue weighted by atomic mass is 16.4. The van der Waals surface area contributed by atoms with Crippen molar-refractivity contribution in [3.8, 4) is 0 Å². The van der Waals surface area contributed by atoms with E-state index in [0.717, 1.165) is 25.1 Å². The number of hydrogen-bond acceptors (Lipinski definition) is 3. The molecule has 1 aromatic heterocycles. The van der Waals surface area contributed by atoms with Crippen molar-refractivity contribution in [2.45, 2.75) is 57.7 Å². The average molecular weight is 274 g/mol. The quantitative estimate of drug-likeness (QED) is 0.917. The molecule has 3 rings (SSSR count). The smallest absolute Gasteiger partial charge is 0.303 e. The summed E-state index contributed by atoms with van der Waals surface area (Å²) in [6, 6.07) is 5.34. The van der Waals surface area contributed by atoms with E-state index < -0.39 is 5.97 Å². The largest absolute Gasteiger partial charge is 0.481 e. The first-order valence-corrected chi connectivity index (χ1v) is 7.51. The van der Waals surface area contributed by atoms with Gasteiger partial charge in [0.2, 0.25) is 0 Å². The van der Waals surface area contributed by atoms with Crippen LogP contribution >= 0.6 is 0 Å². The van der Waals surface area contributed by atoms with Crippen molar-refractivity contribution in [3.05, 3.63) is 29.6 Å². The number of carboxylic acid groups (broad SMARTS) is 1. The lowest BCUT2D eigenvalue weighted by atomic mass is 9.88. The Kier molecular flexibility index (Phi) is 3.74. The second kappa shape index (κ2) is 5.52. The van der Waals surface area contributed by atoms with Crippen LogP contribution in [0.1, 0.15) is 43.4 Å². The third kappa shape index (κ3) is 2.85. The topological polar surface area (TPSA) is 53.4 Å². The van der Waals surface area contributed by atoms with E-state index in [1.54, 1.807) is 0 Å². The first-order chi connectivity index (χ1) is 9.61. The van der Waals surface area contributed by atoms with Crippen molar-refractivity contribution >= 4 is 5.97 Å². The number of hydrogen-bond donors (Lipinski definition) is 1. The van der Waals surface area contributed by atoms with E-state index in [2.05, 4.69) is 28.9 Å². The van der Waals surface area contributed by atoms with Crippen molar-refractivity contribution in [3.63, 3.8) is 0 Å². The van der Waals surface area contributed by atoms with Gasteiger partial charge >= 0.3 is 5.97 Å². The highest BCUT2D eigenvalue weighted by Crippen LogP contribution is 2.40. The van der Waals surface area contributed by atoms with Crippen LogP contribution in [0.5, 0.6) is 0 Å². The maximum atomic E-state index is 10.9. The molecule has 1 N–H and O–H groups in total. The Morgan fingerprint density at radius 1 is 1.35 bits per heavy atom. The van der Waals surface area contributed by atoms with Gasteiger partial charge in [-0.3, -0.25) is 14.7 Å². The number of piperidine rings is 1. The maximum absolute atomic E-state index is 10.9. The van der Waals surface area contributed by atoms with Crippen LogP contribution in [-0.4, -0.2) is 33.0 Å². The molecule has 3 heterocycles. The molecule has 0 aromatic carbocycles. The Morgan fingerprint density at radius 2 is 2.05 bits per heavy atom. The summed E-state index contributed by atoms with van der Waals surface area (Å²) < 4.78 is 0. The number of aliphatic carboxylic acids is 1. The van der Waals surface area contributed by atoms with Gasteiger partial charge in [0.1, 0.15) is 0 Å². The zero-order chi connectivity index (χ0) is 14.1. The molecular weight excluding hydrogens is 252 g/mol. The molecule has 20 heavy (non-hydrogen) atoms. The Balaban J connectivity index is 1.65. The van der Waals surface area contributed by atoms with Crippen LogP contribution < -0.4 is 0 Å². The first kappa shape index (κ1) is 13.6. The molecule has 2 unspecified atom stereocenters. The van der Waals surface area contributed by atoms with Crippen molar-refractivity contribution in [1.29, 1.82) is 0 Å². The van der Waals surface area contributed by atoms with Gasteiger partial charge in [-0.15, -0.1) is 0 Å². The van der Waals surface area contributed by atoms with Crippen LogP contribution in [0.4, 0.5) is 0 Å². The summed E-state index contributed by atoms with van der Waals surface area (Å²) in [4.78, 5) is 17.9.